The highest BCUT2D eigenvalue weighted by Gasteiger charge is 2.34. The number of carbonyl (C=O) groups excluding carboxylic acids is 3. The van der Waals surface area contributed by atoms with Crippen LogP contribution in [-0.4, -0.2) is 52.5 Å². The first-order valence-electron chi connectivity index (χ1n) is 16.1. The average molecular weight is 654 g/mol. The van der Waals surface area contributed by atoms with Crippen LogP contribution in [0.5, 0.6) is 0 Å². The van der Waals surface area contributed by atoms with Gasteiger partial charge in [0.2, 0.25) is 13.3 Å². The normalized spacial score (nSPS) is 12.9. The first-order valence-corrected chi connectivity index (χ1v) is 18.0. The van der Waals surface area contributed by atoms with E-state index in [0.29, 0.717) is 30.0 Å². The van der Waals surface area contributed by atoms with Gasteiger partial charge in [0, 0.05) is 48.9 Å². The Morgan fingerprint density at radius 1 is 0.787 bits per heavy atom. The third-order valence-electron chi connectivity index (χ3n) is 7.97. The zero-order chi connectivity index (χ0) is 33.8. The van der Waals surface area contributed by atoms with E-state index >= 15 is 0 Å². The number of para-hydroxylation sites is 2. The molecule has 0 radical (unpaired) electrons. The van der Waals surface area contributed by atoms with Crippen molar-refractivity contribution in [3.05, 3.63) is 131 Å². The van der Waals surface area contributed by atoms with Gasteiger partial charge in [-0.2, -0.15) is 0 Å². The molecule has 0 bridgehead atoms. The van der Waals surface area contributed by atoms with Gasteiger partial charge in [-0.15, -0.1) is 0 Å². The van der Waals surface area contributed by atoms with Crippen molar-refractivity contribution in [1.82, 2.24) is 10.2 Å². The molecule has 0 aliphatic carbocycles. The van der Waals surface area contributed by atoms with E-state index < -0.39 is 19.1 Å². The van der Waals surface area contributed by atoms with Crippen molar-refractivity contribution in [2.24, 2.45) is 0 Å². The lowest BCUT2D eigenvalue weighted by Gasteiger charge is -2.27. The molecule has 4 rings (SSSR count). The van der Waals surface area contributed by atoms with Crippen LogP contribution in [0.1, 0.15) is 65.0 Å². The zero-order valence-corrected chi connectivity index (χ0v) is 28.2. The molecule has 0 saturated heterocycles. The SMILES string of the molecule is CCCN(CCC)C(=O)c1cccc(C(=O)NC(Cc2ccccc2)P(=O)(O)CCC(=O)N(c2ccccc2)c2ccccc2C)c1. The summed E-state index contributed by atoms with van der Waals surface area (Å²) in [5.74, 6) is -2.22. The van der Waals surface area contributed by atoms with Crippen LogP contribution in [0.2, 0.25) is 0 Å². The highest BCUT2D eigenvalue weighted by Crippen LogP contribution is 2.47. The predicted octanol–water partition coefficient (Wildman–Crippen LogP) is 7.58. The third kappa shape index (κ3) is 9.50. The number of nitrogens with one attached hydrogen (secondary N) is 1. The van der Waals surface area contributed by atoms with E-state index in [1.54, 1.807) is 28.0 Å². The molecule has 0 heterocycles. The van der Waals surface area contributed by atoms with Gasteiger partial charge in [0.15, 0.2) is 0 Å². The molecule has 9 heteroatoms. The van der Waals surface area contributed by atoms with Crippen LogP contribution in [0.3, 0.4) is 0 Å². The van der Waals surface area contributed by atoms with Crippen LogP contribution < -0.4 is 10.2 Å². The molecule has 0 saturated carbocycles. The molecule has 3 amide bonds. The fraction of sp³-hybridized carbons (Fsp3) is 0.289. The lowest BCUT2D eigenvalue weighted by Crippen LogP contribution is -2.38. The van der Waals surface area contributed by atoms with Crippen molar-refractivity contribution in [2.45, 2.75) is 52.2 Å². The molecular formula is C38H44N3O5P. The van der Waals surface area contributed by atoms with Crippen LogP contribution in [0.15, 0.2) is 109 Å². The molecule has 4 aromatic carbocycles. The second-order valence-corrected chi connectivity index (χ2v) is 14.2. The van der Waals surface area contributed by atoms with Gasteiger partial charge in [0.25, 0.3) is 11.8 Å². The number of amides is 3. The summed E-state index contributed by atoms with van der Waals surface area (Å²) >= 11 is 0. The van der Waals surface area contributed by atoms with E-state index in [0.717, 1.165) is 24.0 Å². The van der Waals surface area contributed by atoms with Gasteiger partial charge < -0.3 is 15.1 Å². The molecule has 2 atom stereocenters. The van der Waals surface area contributed by atoms with Gasteiger partial charge in [-0.3, -0.25) is 23.8 Å². The lowest BCUT2D eigenvalue weighted by molar-refractivity contribution is -0.117. The summed E-state index contributed by atoms with van der Waals surface area (Å²) in [6.45, 7) is 7.15. The molecule has 47 heavy (non-hydrogen) atoms. The zero-order valence-electron chi connectivity index (χ0n) is 27.3. The number of rotatable bonds is 15. The first kappa shape index (κ1) is 35.3. The molecular weight excluding hydrogens is 609 g/mol. The van der Waals surface area contributed by atoms with Gasteiger partial charge in [0.05, 0.1) is 5.69 Å². The molecule has 8 nitrogen and oxygen atoms in total. The summed E-state index contributed by atoms with van der Waals surface area (Å²) in [5.41, 5.74) is 3.60. The fourth-order valence-electron chi connectivity index (χ4n) is 5.53. The number of carbonyl (C=O) groups is 3. The van der Waals surface area contributed by atoms with Gasteiger partial charge in [0.1, 0.15) is 5.78 Å². The quantitative estimate of drug-likeness (QED) is 0.129. The second-order valence-electron chi connectivity index (χ2n) is 11.6. The van der Waals surface area contributed by atoms with E-state index in [-0.39, 0.29) is 36.4 Å². The largest absolute Gasteiger partial charge is 0.343 e. The number of anilines is 2. The van der Waals surface area contributed by atoms with Crippen molar-refractivity contribution in [3.8, 4) is 0 Å². The van der Waals surface area contributed by atoms with Crippen LogP contribution in [0.4, 0.5) is 11.4 Å². The smallest absolute Gasteiger partial charge is 0.253 e. The van der Waals surface area contributed by atoms with Crippen LogP contribution in [-0.2, 0) is 15.8 Å². The monoisotopic (exact) mass is 653 g/mol. The maximum Gasteiger partial charge on any atom is 0.253 e. The van der Waals surface area contributed by atoms with Gasteiger partial charge in [-0.25, -0.2) is 0 Å². The molecule has 0 aliphatic heterocycles. The topological polar surface area (TPSA) is 107 Å². The van der Waals surface area contributed by atoms with Crippen molar-refractivity contribution in [2.75, 3.05) is 24.2 Å². The molecule has 0 aliphatic rings. The summed E-state index contributed by atoms with van der Waals surface area (Å²) in [4.78, 5) is 55.5. The van der Waals surface area contributed by atoms with Gasteiger partial charge >= 0.3 is 0 Å². The van der Waals surface area contributed by atoms with E-state index in [2.05, 4.69) is 5.32 Å². The van der Waals surface area contributed by atoms with Gasteiger partial charge in [-0.1, -0.05) is 86.6 Å². The maximum absolute atomic E-state index is 14.1. The lowest BCUT2D eigenvalue weighted by atomic mass is 10.1. The Kier molecular flexibility index (Phi) is 12.7. The maximum atomic E-state index is 14.1. The minimum Gasteiger partial charge on any atom is -0.343 e. The fourth-order valence-corrected chi connectivity index (χ4v) is 7.17. The Morgan fingerprint density at radius 2 is 1.38 bits per heavy atom. The summed E-state index contributed by atoms with van der Waals surface area (Å²) in [5, 5.41) is 2.79. The Balaban J connectivity index is 1.57. The second kappa shape index (κ2) is 16.9. The van der Waals surface area contributed by atoms with E-state index in [4.69, 9.17) is 0 Å². The summed E-state index contributed by atoms with van der Waals surface area (Å²) in [7, 11) is -4.15. The van der Waals surface area contributed by atoms with Crippen LogP contribution >= 0.6 is 7.37 Å². The van der Waals surface area contributed by atoms with Crippen molar-refractivity contribution < 1.29 is 23.8 Å². The number of benzene rings is 4. The summed E-state index contributed by atoms with van der Waals surface area (Å²) in [6, 6.07) is 32.3. The molecule has 246 valence electrons. The van der Waals surface area contributed by atoms with E-state index in [1.807, 2.05) is 106 Å². The molecule has 4 aromatic rings. The van der Waals surface area contributed by atoms with Crippen molar-refractivity contribution >= 4 is 36.5 Å². The van der Waals surface area contributed by atoms with Gasteiger partial charge in [-0.05, 0) is 67.3 Å². The molecule has 0 spiro atoms. The van der Waals surface area contributed by atoms with Crippen LogP contribution in [0.25, 0.3) is 0 Å². The Hall–Kier alpha value is -4.52. The Bertz CT molecular complexity index is 1690. The summed E-state index contributed by atoms with van der Waals surface area (Å²) in [6.07, 6.45) is 1.17. The van der Waals surface area contributed by atoms with E-state index in [9.17, 15) is 23.8 Å². The molecule has 0 aromatic heterocycles. The number of hydrogen-bond donors (Lipinski definition) is 2. The van der Waals surface area contributed by atoms with Crippen LogP contribution in [0, 0.1) is 6.92 Å². The Labute approximate surface area is 277 Å². The standard InChI is InChI=1S/C38H44N3O5P/c1-4-24-40(25-5-2)38(44)32-19-14-18-31(28-32)37(43)39-35(27-30-16-8-6-9-17-30)47(45,46)26-23-36(42)41(33-20-10-7-11-21-33)34-22-13-12-15-29(34)3/h6-22,28,35H,4-5,23-27H2,1-3H3,(H,39,43)(H,45,46). The average Bonchev–Trinajstić information content (AvgIpc) is 3.08. The number of nitrogens with zero attached hydrogens (tertiary/aromatic N) is 2. The third-order valence-corrected chi connectivity index (χ3v) is 10.1. The highest BCUT2D eigenvalue weighted by molar-refractivity contribution is 7.58. The molecule has 0 fully saturated rings. The molecule has 2 unspecified atom stereocenters. The Morgan fingerprint density at radius 3 is 2.02 bits per heavy atom. The minimum atomic E-state index is -4.15. The minimum absolute atomic E-state index is 0.0914. The number of hydrogen-bond acceptors (Lipinski definition) is 4. The predicted molar refractivity (Wildman–Crippen MR) is 188 cm³/mol. The number of aryl methyl sites for hydroxylation is 1. The van der Waals surface area contributed by atoms with Crippen molar-refractivity contribution in [1.29, 1.82) is 0 Å². The highest BCUT2D eigenvalue weighted by atomic mass is 31.2. The van der Waals surface area contributed by atoms with Crippen molar-refractivity contribution in [3.63, 3.8) is 0 Å². The first-order chi connectivity index (χ1) is 22.6. The van der Waals surface area contributed by atoms with E-state index in [1.165, 1.54) is 6.07 Å². The summed E-state index contributed by atoms with van der Waals surface area (Å²) < 4.78 is 14.1. The molecule has 2 N–H and O–H groups in total.